The number of fused-ring (bicyclic) bond motifs is 2. The average Bonchev–Trinajstić information content (AvgIpc) is 3.36. The summed E-state index contributed by atoms with van der Waals surface area (Å²) in [6.45, 7) is 4.21. The van der Waals surface area contributed by atoms with Gasteiger partial charge in [-0.15, -0.1) is 10.2 Å². The number of aryl methyl sites for hydroxylation is 2. The lowest BCUT2D eigenvalue weighted by atomic mass is 10.2. The van der Waals surface area contributed by atoms with Crippen LogP contribution in [0, 0.1) is 6.92 Å². The minimum atomic E-state index is -0.137. The molecule has 2 aromatic heterocycles. The van der Waals surface area contributed by atoms with Gasteiger partial charge in [-0.05, 0) is 58.1 Å². The zero-order chi connectivity index (χ0) is 19.8. The largest absolute Gasteiger partial charge is 0.309 e. The highest BCUT2D eigenvalue weighted by molar-refractivity contribution is 7.22. The lowest BCUT2D eigenvalue weighted by Gasteiger charge is -2.20. The van der Waals surface area contributed by atoms with Gasteiger partial charge in [0.1, 0.15) is 5.82 Å². The number of rotatable bonds is 6. The third-order valence-electron chi connectivity index (χ3n) is 5.00. The van der Waals surface area contributed by atoms with Crippen molar-refractivity contribution in [3.8, 4) is 0 Å². The smallest absolute Gasteiger partial charge is 0.298 e. The first-order chi connectivity index (χ1) is 13.5. The number of nitrogens with zero attached hydrogens (tertiary/aromatic N) is 6. The number of thiazole rings is 1. The van der Waals surface area contributed by atoms with Crippen LogP contribution in [-0.4, -0.2) is 57.7 Å². The van der Waals surface area contributed by atoms with Gasteiger partial charge < -0.3 is 9.47 Å². The summed E-state index contributed by atoms with van der Waals surface area (Å²) < 4.78 is 2.96. The van der Waals surface area contributed by atoms with Gasteiger partial charge in [0.15, 0.2) is 5.13 Å². The van der Waals surface area contributed by atoms with Crippen molar-refractivity contribution in [1.82, 2.24) is 24.6 Å². The molecule has 9 heteroatoms. The van der Waals surface area contributed by atoms with E-state index < -0.39 is 0 Å². The molecule has 0 unspecified atom stereocenters. The van der Waals surface area contributed by atoms with E-state index in [0.29, 0.717) is 22.5 Å². The van der Waals surface area contributed by atoms with Gasteiger partial charge in [-0.25, -0.2) is 4.98 Å². The molecular weight excluding hydrogens is 396 g/mol. The summed E-state index contributed by atoms with van der Waals surface area (Å²) in [5.41, 5.74) is 1.79. The maximum atomic E-state index is 13.4. The Morgan fingerprint density at radius 3 is 2.89 bits per heavy atom. The Balaban J connectivity index is 1.70. The van der Waals surface area contributed by atoms with E-state index >= 15 is 0 Å². The standard InChI is InChI=1S/C19H23ClN6OS/c1-12-13(20)7-8-14-16(12)21-19(28-14)26(11-5-9-24(2)3)18(27)17-23-22-15-6-4-10-25(15)17/h7-8H,4-6,9-11H2,1-3H3. The van der Waals surface area contributed by atoms with Crippen LogP contribution in [0.2, 0.25) is 5.02 Å². The van der Waals surface area contributed by atoms with E-state index in [4.69, 9.17) is 16.6 Å². The summed E-state index contributed by atoms with van der Waals surface area (Å²) in [7, 11) is 4.06. The quantitative estimate of drug-likeness (QED) is 0.613. The first-order valence-electron chi connectivity index (χ1n) is 9.40. The van der Waals surface area contributed by atoms with Gasteiger partial charge in [-0.3, -0.25) is 9.69 Å². The van der Waals surface area contributed by atoms with Gasteiger partial charge >= 0.3 is 0 Å². The molecule has 0 N–H and O–H groups in total. The molecule has 1 aromatic carbocycles. The van der Waals surface area contributed by atoms with Gasteiger partial charge in [-0.1, -0.05) is 22.9 Å². The molecule has 1 aliphatic rings. The van der Waals surface area contributed by atoms with Crippen LogP contribution in [0.4, 0.5) is 5.13 Å². The molecule has 148 valence electrons. The van der Waals surface area contributed by atoms with Crippen LogP contribution in [0.1, 0.15) is 34.8 Å². The fourth-order valence-corrected chi connectivity index (χ4v) is 4.66. The van der Waals surface area contributed by atoms with E-state index in [0.717, 1.165) is 54.0 Å². The highest BCUT2D eigenvalue weighted by Gasteiger charge is 2.29. The minimum Gasteiger partial charge on any atom is -0.309 e. The molecule has 0 saturated carbocycles. The number of halogens is 1. The molecule has 0 radical (unpaired) electrons. The SMILES string of the molecule is Cc1c(Cl)ccc2sc(N(CCCN(C)C)C(=O)c3nnc4n3CCC4)nc12. The minimum absolute atomic E-state index is 0.137. The number of carbonyl (C=O) groups excluding carboxylic acids is 1. The van der Waals surface area contributed by atoms with Crippen molar-refractivity contribution in [3.05, 3.63) is 34.4 Å². The summed E-state index contributed by atoms with van der Waals surface area (Å²) >= 11 is 7.77. The molecule has 0 aliphatic carbocycles. The molecule has 4 rings (SSSR count). The molecule has 0 bridgehead atoms. The lowest BCUT2D eigenvalue weighted by Crippen LogP contribution is -2.35. The van der Waals surface area contributed by atoms with Gasteiger partial charge in [0.05, 0.1) is 10.2 Å². The third kappa shape index (κ3) is 3.52. The molecule has 0 saturated heterocycles. The predicted molar refractivity (Wildman–Crippen MR) is 113 cm³/mol. The molecule has 1 amide bonds. The van der Waals surface area contributed by atoms with Crippen LogP contribution in [0.15, 0.2) is 12.1 Å². The van der Waals surface area contributed by atoms with Crippen molar-refractivity contribution in [2.24, 2.45) is 0 Å². The number of hydrogen-bond donors (Lipinski definition) is 0. The van der Waals surface area contributed by atoms with Crippen LogP contribution in [0.25, 0.3) is 10.2 Å². The normalized spacial score (nSPS) is 13.5. The number of aromatic nitrogens is 4. The summed E-state index contributed by atoms with van der Waals surface area (Å²) in [6.07, 6.45) is 2.72. The van der Waals surface area contributed by atoms with Crippen molar-refractivity contribution in [2.45, 2.75) is 32.7 Å². The second kappa shape index (κ2) is 7.77. The zero-order valence-corrected chi connectivity index (χ0v) is 17.8. The van der Waals surface area contributed by atoms with Crippen molar-refractivity contribution in [1.29, 1.82) is 0 Å². The number of carbonyl (C=O) groups is 1. The zero-order valence-electron chi connectivity index (χ0n) is 16.3. The fourth-order valence-electron chi connectivity index (χ4n) is 3.46. The lowest BCUT2D eigenvalue weighted by molar-refractivity contribution is 0.0971. The topological polar surface area (TPSA) is 67.2 Å². The molecule has 0 spiro atoms. The molecule has 0 atom stereocenters. The second-order valence-electron chi connectivity index (χ2n) is 7.32. The molecule has 7 nitrogen and oxygen atoms in total. The van der Waals surface area contributed by atoms with Crippen LogP contribution in [0.3, 0.4) is 0 Å². The number of amides is 1. The van der Waals surface area contributed by atoms with Crippen molar-refractivity contribution < 1.29 is 4.79 Å². The van der Waals surface area contributed by atoms with E-state index in [1.807, 2.05) is 37.7 Å². The fraction of sp³-hybridized carbons (Fsp3) is 0.474. The van der Waals surface area contributed by atoms with E-state index in [1.165, 1.54) is 11.3 Å². The number of hydrogen-bond acceptors (Lipinski definition) is 6. The molecule has 1 aliphatic heterocycles. The number of benzene rings is 1. The Morgan fingerprint density at radius 2 is 2.11 bits per heavy atom. The third-order valence-corrected chi connectivity index (χ3v) is 6.45. The molecule has 28 heavy (non-hydrogen) atoms. The van der Waals surface area contributed by atoms with Gasteiger partial charge in [0.25, 0.3) is 5.91 Å². The Kier molecular flexibility index (Phi) is 5.35. The molecule has 3 aromatic rings. The van der Waals surface area contributed by atoms with Crippen LogP contribution in [0.5, 0.6) is 0 Å². The summed E-state index contributed by atoms with van der Waals surface area (Å²) in [4.78, 5) is 22.0. The maximum absolute atomic E-state index is 13.4. The Hall–Kier alpha value is -2.03. The van der Waals surface area contributed by atoms with Gasteiger partial charge in [0.2, 0.25) is 5.82 Å². The Labute approximate surface area is 172 Å². The predicted octanol–water partition coefficient (Wildman–Crippen LogP) is 3.39. The summed E-state index contributed by atoms with van der Waals surface area (Å²) in [5, 5.41) is 9.74. The van der Waals surface area contributed by atoms with Gasteiger partial charge in [-0.2, -0.15) is 0 Å². The van der Waals surface area contributed by atoms with E-state index in [1.54, 1.807) is 4.90 Å². The molecular formula is C19H23ClN6OS. The summed E-state index contributed by atoms with van der Waals surface area (Å²) in [6, 6.07) is 3.84. The monoisotopic (exact) mass is 418 g/mol. The van der Waals surface area contributed by atoms with E-state index in [2.05, 4.69) is 15.1 Å². The molecule has 3 heterocycles. The van der Waals surface area contributed by atoms with Crippen LogP contribution < -0.4 is 4.90 Å². The number of anilines is 1. The van der Waals surface area contributed by atoms with Gasteiger partial charge in [0, 0.05) is 24.5 Å². The van der Waals surface area contributed by atoms with E-state index in [9.17, 15) is 4.79 Å². The Morgan fingerprint density at radius 1 is 1.29 bits per heavy atom. The Bertz CT molecular complexity index is 1030. The highest BCUT2D eigenvalue weighted by Crippen LogP contribution is 2.34. The van der Waals surface area contributed by atoms with Crippen LogP contribution >= 0.6 is 22.9 Å². The second-order valence-corrected chi connectivity index (χ2v) is 8.74. The van der Waals surface area contributed by atoms with Crippen molar-refractivity contribution in [3.63, 3.8) is 0 Å². The van der Waals surface area contributed by atoms with E-state index in [-0.39, 0.29) is 5.91 Å². The highest BCUT2D eigenvalue weighted by atomic mass is 35.5. The first-order valence-corrected chi connectivity index (χ1v) is 10.6. The average molecular weight is 419 g/mol. The first kappa shape index (κ1) is 19.3. The maximum Gasteiger partial charge on any atom is 0.298 e. The molecule has 0 fully saturated rings. The van der Waals surface area contributed by atoms with Crippen LogP contribution in [-0.2, 0) is 13.0 Å². The van der Waals surface area contributed by atoms with Crippen molar-refractivity contribution in [2.75, 3.05) is 32.1 Å². The summed E-state index contributed by atoms with van der Waals surface area (Å²) in [5.74, 6) is 1.16. The van der Waals surface area contributed by atoms with Crippen molar-refractivity contribution >= 4 is 44.2 Å².